The van der Waals surface area contributed by atoms with Crippen molar-refractivity contribution in [2.75, 3.05) is 13.2 Å². The van der Waals surface area contributed by atoms with E-state index in [1.165, 1.54) is 6.21 Å². The topological polar surface area (TPSA) is 37.2 Å². The van der Waals surface area contributed by atoms with Crippen molar-refractivity contribution < 1.29 is 9.22 Å². The summed E-state index contributed by atoms with van der Waals surface area (Å²) in [5.74, 6) is 0. The highest BCUT2D eigenvalue weighted by Crippen LogP contribution is 2.19. The highest BCUT2D eigenvalue weighted by Gasteiger charge is 2.25. The van der Waals surface area contributed by atoms with E-state index >= 15 is 0 Å². The number of allylic oxidation sites excluding steroid dienone is 2. The summed E-state index contributed by atoms with van der Waals surface area (Å²) in [6.45, 7) is 3.34. The molecular weight excluding hydrogens is 197 g/mol. The quantitative estimate of drug-likeness (QED) is 0.697. The van der Waals surface area contributed by atoms with Crippen molar-refractivity contribution in [1.82, 2.24) is 5.01 Å². The number of hydrogen-bond donors (Lipinski definition) is 0. The first-order valence-corrected chi connectivity index (χ1v) is 5.14. The van der Waals surface area contributed by atoms with Crippen LogP contribution in [0.25, 0.3) is 0 Å². The largest absolute Gasteiger partial charge is 0.376 e. The van der Waals surface area contributed by atoms with Crippen molar-refractivity contribution in [2.24, 2.45) is 10.3 Å². The van der Waals surface area contributed by atoms with Crippen molar-refractivity contribution in [3.05, 3.63) is 11.8 Å². The molecule has 2 heterocycles. The number of hydrazone groups is 1. The lowest BCUT2D eigenvalue weighted by Gasteiger charge is -2.19. The van der Waals surface area contributed by atoms with Gasteiger partial charge >= 0.3 is 0 Å². The van der Waals surface area contributed by atoms with E-state index in [0.717, 1.165) is 19.4 Å². The normalized spacial score (nSPS) is 31.1. The first-order valence-electron chi connectivity index (χ1n) is 5.14. The highest BCUT2D eigenvalue weighted by molar-refractivity contribution is 6.39. The Labute approximate surface area is 88.1 Å². The van der Waals surface area contributed by atoms with Gasteiger partial charge in [-0.2, -0.15) is 5.10 Å². The fraction of sp³-hybridized carbons (Fsp3) is 0.600. The Morgan fingerprint density at radius 3 is 3.27 bits per heavy atom. The molecule has 0 radical (unpaired) electrons. The minimum atomic E-state index is 0.205. The Morgan fingerprint density at radius 1 is 1.80 bits per heavy atom. The van der Waals surface area contributed by atoms with E-state index in [4.69, 9.17) is 4.74 Å². The van der Waals surface area contributed by atoms with Gasteiger partial charge < -0.3 is 4.74 Å². The summed E-state index contributed by atoms with van der Waals surface area (Å²) in [5.41, 5.74) is 1.00. The van der Waals surface area contributed by atoms with Crippen molar-refractivity contribution in [3.63, 3.8) is 0 Å². The summed E-state index contributed by atoms with van der Waals surface area (Å²) >= 11 is 0. The Hall–Kier alpha value is -1.23. The molecule has 2 rings (SSSR count). The maximum Gasteiger partial charge on any atom is 0.141 e. The molecule has 4 nitrogen and oxygen atoms in total. The lowest BCUT2D eigenvalue weighted by molar-refractivity contribution is 0.0866. The van der Waals surface area contributed by atoms with Gasteiger partial charge in [0.1, 0.15) is 5.71 Å². The Bertz CT molecular complexity index is 319. The van der Waals surface area contributed by atoms with Crippen LogP contribution in [0.4, 0.5) is 4.48 Å². The summed E-state index contributed by atoms with van der Waals surface area (Å²) in [5, 5.41) is 8.52. The third-order valence-electron chi connectivity index (χ3n) is 2.62. The maximum absolute atomic E-state index is 12.2. The lowest BCUT2D eigenvalue weighted by atomic mass is 10.2. The van der Waals surface area contributed by atoms with Crippen LogP contribution in [0.15, 0.2) is 22.1 Å². The van der Waals surface area contributed by atoms with Crippen LogP contribution < -0.4 is 0 Å². The minimum Gasteiger partial charge on any atom is -0.376 e. The zero-order chi connectivity index (χ0) is 10.7. The summed E-state index contributed by atoms with van der Waals surface area (Å²) in [7, 11) is 0. The molecule has 5 heteroatoms. The second-order valence-electron chi connectivity index (χ2n) is 3.61. The molecule has 15 heavy (non-hydrogen) atoms. The fourth-order valence-corrected chi connectivity index (χ4v) is 1.87. The van der Waals surface area contributed by atoms with Crippen molar-refractivity contribution in [3.8, 4) is 0 Å². The smallest absolute Gasteiger partial charge is 0.141 e. The van der Waals surface area contributed by atoms with E-state index in [9.17, 15) is 4.48 Å². The summed E-state index contributed by atoms with van der Waals surface area (Å²) < 4.78 is 17.7. The Kier molecular flexibility index (Phi) is 3.11. The second kappa shape index (κ2) is 4.53. The monoisotopic (exact) mass is 211 g/mol. The molecule has 0 bridgehead atoms. The number of rotatable bonds is 2. The third kappa shape index (κ3) is 2.07. The molecule has 1 unspecified atom stereocenters. The summed E-state index contributed by atoms with van der Waals surface area (Å²) in [4.78, 5) is 0. The molecule has 0 aromatic heterocycles. The molecule has 1 atom stereocenters. The van der Waals surface area contributed by atoms with E-state index in [1.54, 1.807) is 11.1 Å². The van der Waals surface area contributed by atoms with E-state index in [2.05, 4.69) is 10.3 Å². The first kappa shape index (κ1) is 10.3. The van der Waals surface area contributed by atoms with Gasteiger partial charge in [0.15, 0.2) is 0 Å². The second-order valence-corrected chi connectivity index (χ2v) is 3.61. The standard InChI is InChI=1S/C10H14FN3O/c1-2-10-9(13-11)6-12-14(10)7-8-4-3-5-15-8/h2,6,8H,3-5,7H2,1H3. The van der Waals surface area contributed by atoms with Crippen molar-refractivity contribution in [1.29, 1.82) is 0 Å². The Morgan fingerprint density at radius 2 is 2.67 bits per heavy atom. The van der Waals surface area contributed by atoms with Gasteiger partial charge in [-0.15, -0.1) is 0 Å². The van der Waals surface area contributed by atoms with Gasteiger partial charge in [0, 0.05) is 6.61 Å². The molecule has 0 aliphatic carbocycles. The van der Waals surface area contributed by atoms with E-state index in [1.807, 2.05) is 6.92 Å². The van der Waals surface area contributed by atoms with E-state index in [-0.39, 0.29) is 11.8 Å². The molecule has 0 spiro atoms. The highest BCUT2D eigenvalue weighted by atomic mass is 19.2. The van der Waals surface area contributed by atoms with Gasteiger partial charge in [-0.3, -0.25) is 5.01 Å². The van der Waals surface area contributed by atoms with Crippen LogP contribution in [0, 0.1) is 0 Å². The number of hydrogen-bond acceptors (Lipinski definition) is 4. The van der Waals surface area contributed by atoms with Crippen molar-refractivity contribution >= 4 is 11.9 Å². The molecule has 1 saturated heterocycles. The van der Waals surface area contributed by atoms with Gasteiger partial charge in [0.25, 0.3) is 0 Å². The number of nitrogens with zero attached hydrogens (tertiary/aromatic N) is 3. The van der Waals surface area contributed by atoms with E-state index in [0.29, 0.717) is 12.2 Å². The van der Waals surface area contributed by atoms with E-state index < -0.39 is 0 Å². The minimum absolute atomic E-state index is 0.205. The van der Waals surface area contributed by atoms with Crippen LogP contribution in [-0.2, 0) is 4.74 Å². The summed E-state index contributed by atoms with van der Waals surface area (Å²) in [6, 6.07) is 0. The molecule has 0 saturated carbocycles. The number of ether oxygens (including phenoxy) is 1. The van der Waals surface area contributed by atoms with Gasteiger partial charge in [0.2, 0.25) is 0 Å². The average molecular weight is 211 g/mol. The number of halogens is 1. The van der Waals surface area contributed by atoms with Gasteiger partial charge in [-0.1, -0.05) is 15.8 Å². The van der Waals surface area contributed by atoms with Crippen LogP contribution >= 0.6 is 0 Å². The van der Waals surface area contributed by atoms with Gasteiger partial charge in [0.05, 0.1) is 24.6 Å². The first-order chi connectivity index (χ1) is 7.35. The molecular formula is C10H14FN3O. The zero-order valence-corrected chi connectivity index (χ0v) is 8.69. The van der Waals surface area contributed by atoms with Crippen LogP contribution in [0.1, 0.15) is 19.8 Å². The Balaban J connectivity index is 2.01. The predicted molar refractivity (Wildman–Crippen MR) is 56.5 cm³/mol. The zero-order valence-electron chi connectivity index (χ0n) is 8.69. The van der Waals surface area contributed by atoms with Crippen LogP contribution in [0.3, 0.4) is 0 Å². The van der Waals surface area contributed by atoms with Crippen LogP contribution in [-0.4, -0.2) is 36.2 Å². The molecule has 0 amide bonds. The molecule has 82 valence electrons. The molecule has 1 fully saturated rings. The van der Waals surface area contributed by atoms with Gasteiger partial charge in [-0.25, -0.2) is 0 Å². The van der Waals surface area contributed by atoms with Crippen LogP contribution in [0.2, 0.25) is 0 Å². The average Bonchev–Trinajstić information content (AvgIpc) is 2.87. The lowest BCUT2D eigenvalue weighted by Crippen LogP contribution is -2.26. The van der Waals surface area contributed by atoms with Crippen molar-refractivity contribution in [2.45, 2.75) is 25.9 Å². The fourth-order valence-electron chi connectivity index (χ4n) is 1.87. The third-order valence-corrected chi connectivity index (χ3v) is 2.62. The molecule has 0 N–H and O–H groups in total. The van der Waals surface area contributed by atoms with Crippen LogP contribution in [0.5, 0.6) is 0 Å². The molecule has 2 aliphatic heterocycles. The maximum atomic E-state index is 12.2. The SMILES string of the molecule is CC=C1C(=NF)C=NN1CC1CCCO1. The molecule has 0 aromatic carbocycles. The molecule has 2 aliphatic rings. The summed E-state index contributed by atoms with van der Waals surface area (Å²) in [6.07, 6.45) is 5.59. The van der Waals surface area contributed by atoms with Gasteiger partial charge in [-0.05, 0) is 19.8 Å². The molecule has 0 aromatic rings. The predicted octanol–water partition coefficient (Wildman–Crippen LogP) is 1.70.